The van der Waals surface area contributed by atoms with Crippen LogP contribution in [0.5, 0.6) is 0 Å². The summed E-state index contributed by atoms with van der Waals surface area (Å²) in [5.41, 5.74) is 0. The normalized spacial score (nSPS) is 13.5. The Morgan fingerprint density at radius 1 is 0.567 bits per heavy atom. The Morgan fingerprint density at radius 3 is 1.33 bits per heavy atom. The number of carboxylic acids is 2. The van der Waals surface area contributed by atoms with Gasteiger partial charge >= 0.3 is 11.9 Å². The molecular formula is C26H50O4. The Labute approximate surface area is 186 Å². The third-order valence-corrected chi connectivity index (χ3v) is 6.50. The molecule has 0 heterocycles. The molecular weight excluding hydrogens is 376 g/mol. The van der Waals surface area contributed by atoms with Gasteiger partial charge in [-0.2, -0.15) is 0 Å². The van der Waals surface area contributed by atoms with Crippen molar-refractivity contribution < 1.29 is 19.8 Å². The Balaban J connectivity index is 3.72. The van der Waals surface area contributed by atoms with Crippen LogP contribution in [0.1, 0.15) is 136 Å². The standard InChI is InChI=1S/C26H50O4/c1-4-6-18-22(3)19-16-14-12-10-8-9-11-13-15-17-21-23(20-7-5-2)24(25(27)28)26(29)30/h22-24H,4-21H2,1-3H3,(H,27,28)(H,29,30). The predicted molar refractivity (Wildman–Crippen MR) is 126 cm³/mol. The van der Waals surface area contributed by atoms with Crippen LogP contribution in [-0.4, -0.2) is 22.2 Å². The highest BCUT2D eigenvalue weighted by Gasteiger charge is 2.33. The molecule has 0 aliphatic heterocycles. The molecule has 0 aromatic heterocycles. The molecule has 178 valence electrons. The fourth-order valence-corrected chi connectivity index (χ4v) is 4.46. The van der Waals surface area contributed by atoms with Gasteiger partial charge in [0.2, 0.25) is 0 Å². The van der Waals surface area contributed by atoms with Crippen LogP contribution >= 0.6 is 0 Å². The van der Waals surface area contributed by atoms with E-state index >= 15 is 0 Å². The lowest BCUT2D eigenvalue weighted by molar-refractivity contribution is -0.157. The van der Waals surface area contributed by atoms with Gasteiger partial charge in [0.25, 0.3) is 0 Å². The Bertz CT molecular complexity index is 407. The average molecular weight is 427 g/mol. The van der Waals surface area contributed by atoms with Crippen molar-refractivity contribution in [1.82, 2.24) is 0 Å². The molecule has 0 spiro atoms. The van der Waals surface area contributed by atoms with Crippen LogP contribution in [0.2, 0.25) is 0 Å². The zero-order chi connectivity index (χ0) is 22.6. The molecule has 2 atom stereocenters. The molecule has 0 saturated carbocycles. The summed E-state index contributed by atoms with van der Waals surface area (Å²) in [6, 6.07) is 0. The molecule has 0 amide bonds. The van der Waals surface area contributed by atoms with Crippen LogP contribution < -0.4 is 0 Å². The van der Waals surface area contributed by atoms with Gasteiger partial charge in [-0.05, 0) is 24.7 Å². The van der Waals surface area contributed by atoms with Gasteiger partial charge in [-0.1, -0.05) is 124 Å². The molecule has 0 rings (SSSR count). The minimum Gasteiger partial charge on any atom is -0.481 e. The van der Waals surface area contributed by atoms with E-state index in [1.54, 1.807) is 0 Å². The fraction of sp³-hybridized carbons (Fsp3) is 0.923. The van der Waals surface area contributed by atoms with Crippen LogP contribution in [0.4, 0.5) is 0 Å². The second-order valence-electron chi connectivity index (χ2n) is 9.42. The number of unbranched alkanes of at least 4 members (excludes halogenated alkanes) is 11. The summed E-state index contributed by atoms with van der Waals surface area (Å²) in [4.78, 5) is 22.7. The van der Waals surface area contributed by atoms with Crippen molar-refractivity contribution in [1.29, 1.82) is 0 Å². The molecule has 0 bridgehead atoms. The number of hydrogen-bond acceptors (Lipinski definition) is 2. The first-order chi connectivity index (χ1) is 14.4. The first-order valence-electron chi connectivity index (χ1n) is 12.9. The molecule has 4 heteroatoms. The summed E-state index contributed by atoms with van der Waals surface area (Å²) in [5.74, 6) is -2.94. The number of rotatable bonds is 22. The third kappa shape index (κ3) is 15.7. The topological polar surface area (TPSA) is 74.6 Å². The van der Waals surface area contributed by atoms with Gasteiger partial charge in [0, 0.05) is 0 Å². The molecule has 0 aromatic rings. The largest absolute Gasteiger partial charge is 0.481 e. The van der Waals surface area contributed by atoms with E-state index in [1.807, 2.05) is 0 Å². The highest BCUT2D eigenvalue weighted by Crippen LogP contribution is 2.26. The number of aliphatic carboxylic acids is 2. The smallest absolute Gasteiger partial charge is 0.318 e. The zero-order valence-electron chi connectivity index (χ0n) is 20.2. The van der Waals surface area contributed by atoms with E-state index < -0.39 is 17.9 Å². The highest BCUT2D eigenvalue weighted by molar-refractivity contribution is 5.93. The first kappa shape index (κ1) is 28.9. The zero-order valence-corrected chi connectivity index (χ0v) is 20.2. The summed E-state index contributed by atoms with van der Waals surface area (Å²) in [6.45, 7) is 6.72. The lowest BCUT2D eigenvalue weighted by Crippen LogP contribution is -2.31. The van der Waals surface area contributed by atoms with E-state index in [4.69, 9.17) is 0 Å². The molecule has 2 unspecified atom stereocenters. The van der Waals surface area contributed by atoms with Crippen molar-refractivity contribution in [3.8, 4) is 0 Å². The quantitative estimate of drug-likeness (QED) is 0.135. The third-order valence-electron chi connectivity index (χ3n) is 6.50. The molecule has 0 fully saturated rings. The summed E-state index contributed by atoms with van der Waals surface area (Å²) in [7, 11) is 0. The van der Waals surface area contributed by atoms with E-state index in [0.717, 1.165) is 38.0 Å². The maximum atomic E-state index is 11.3. The minimum absolute atomic E-state index is 0.232. The van der Waals surface area contributed by atoms with Crippen LogP contribution in [0, 0.1) is 17.8 Å². The first-order valence-corrected chi connectivity index (χ1v) is 12.9. The van der Waals surface area contributed by atoms with Gasteiger partial charge in [-0.3, -0.25) is 9.59 Å². The Kier molecular flexibility index (Phi) is 19.2. The summed E-state index contributed by atoms with van der Waals surface area (Å²) >= 11 is 0. The molecule has 0 saturated heterocycles. The molecule has 0 aliphatic carbocycles. The van der Waals surface area contributed by atoms with E-state index in [0.29, 0.717) is 6.42 Å². The van der Waals surface area contributed by atoms with Crippen molar-refractivity contribution >= 4 is 11.9 Å². The summed E-state index contributed by atoms with van der Waals surface area (Å²) < 4.78 is 0. The van der Waals surface area contributed by atoms with Crippen molar-refractivity contribution in [2.75, 3.05) is 0 Å². The summed E-state index contributed by atoms with van der Waals surface area (Å²) in [5, 5.41) is 18.5. The predicted octanol–water partition coefficient (Wildman–Crippen LogP) is 8.09. The summed E-state index contributed by atoms with van der Waals surface area (Å²) in [6.07, 6.45) is 21.3. The van der Waals surface area contributed by atoms with Crippen LogP contribution in [0.3, 0.4) is 0 Å². The van der Waals surface area contributed by atoms with Crippen LogP contribution in [0.25, 0.3) is 0 Å². The van der Waals surface area contributed by atoms with Gasteiger partial charge in [0.1, 0.15) is 0 Å². The fourth-order valence-electron chi connectivity index (χ4n) is 4.46. The number of carbonyl (C=O) groups is 2. The van der Waals surface area contributed by atoms with Gasteiger partial charge in [-0.25, -0.2) is 0 Å². The van der Waals surface area contributed by atoms with Gasteiger partial charge in [0.05, 0.1) is 0 Å². The molecule has 2 N–H and O–H groups in total. The highest BCUT2D eigenvalue weighted by atomic mass is 16.4. The van der Waals surface area contributed by atoms with E-state index in [1.165, 1.54) is 77.0 Å². The van der Waals surface area contributed by atoms with Gasteiger partial charge < -0.3 is 10.2 Å². The van der Waals surface area contributed by atoms with Crippen molar-refractivity contribution in [3.05, 3.63) is 0 Å². The molecule has 4 nitrogen and oxygen atoms in total. The Hall–Kier alpha value is -1.06. The SMILES string of the molecule is CCCCC(C)CCCCCCCCCCCCC(CCCC)C(C(=O)O)C(=O)O. The number of hydrogen-bond donors (Lipinski definition) is 2. The van der Waals surface area contributed by atoms with Crippen LogP contribution in [-0.2, 0) is 9.59 Å². The molecule has 0 aliphatic rings. The van der Waals surface area contributed by atoms with Crippen molar-refractivity contribution in [3.63, 3.8) is 0 Å². The monoisotopic (exact) mass is 426 g/mol. The van der Waals surface area contributed by atoms with Gasteiger partial charge in [-0.15, -0.1) is 0 Å². The molecule has 0 radical (unpaired) electrons. The second-order valence-corrected chi connectivity index (χ2v) is 9.42. The van der Waals surface area contributed by atoms with E-state index in [-0.39, 0.29) is 5.92 Å². The maximum Gasteiger partial charge on any atom is 0.318 e. The lowest BCUT2D eigenvalue weighted by atomic mass is 9.83. The second kappa shape index (κ2) is 19.9. The lowest BCUT2D eigenvalue weighted by Gasteiger charge is -2.20. The maximum absolute atomic E-state index is 11.3. The van der Waals surface area contributed by atoms with E-state index in [9.17, 15) is 19.8 Å². The van der Waals surface area contributed by atoms with Crippen molar-refractivity contribution in [2.45, 2.75) is 136 Å². The Morgan fingerprint density at radius 2 is 0.900 bits per heavy atom. The molecule has 0 aromatic carbocycles. The van der Waals surface area contributed by atoms with Crippen LogP contribution in [0.15, 0.2) is 0 Å². The van der Waals surface area contributed by atoms with E-state index in [2.05, 4.69) is 20.8 Å². The minimum atomic E-state index is -1.24. The number of carboxylic acid groups (broad SMARTS) is 2. The molecule has 30 heavy (non-hydrogen) atoms. The average Bonchev–Trinajstić information content (AvgIpc) is 2.70. The van der Waals surface area contributed by atoms with Gasteiger partial charge in [0.15, 0.2) is 5.92 Å². The van der Waals surface area contributed by atoms with Crippen molar-refractivity contribution in [2.24, 2.45) is 17.8 Å².